The van der Waals surface area contributed by atoms with Crippen LogP contribution in [0.2, 0.25) is 0 Å². The van der Waals surface area contributed by atoms with Gasteiger partial charge < -0.3 is 84.0 Å². The number of rotatable bonds is 18. The van der Waals surface area contributed by atoms with Crippen molar-refractivity contribution in [2.75, 3.05) is 24.6 Å². The molecular weight excluding hydrogens is 780 g/mol. The van der Waals surface area contributed by atoms with E-state index in [2.05, 4.69) is 0 Å². The fourth-order valence-corrected chi connectivity index (χ4v) is 16.1. The minimum Gasteiger partial charge on any atom is -0.325 e. The Bertz CT molecular complexity index is 1350. The third-order valence-electron chi connectivity index (χ3n) is 5.79. The van der Waals surface area contributed by atoms with Gasteiger partial charge in [-0.15, -0.1) is 0 Å². The van der Waals surface area contributed by atoms with E-state index < -0.39 is 120 Å². The molecule has 0 aliphatic heterocycles. The summed E-state index contributed by atoms with van der Waals surface area (Å²) in [4.78, 5) is 156. The predicted octanol–water partition coefficient (Wildman–Crippen LogP) is -4.50. The summed E-state index contributed by atoms with van der Waals surface area (Å²) in [6.07, 6.45) is -9.36. The molecule has 0 radical (unpaired) electrons. The average molecular weight is 812 g/mol. The highest BCUT2D eigenvalue weighted by Crippen LogP contribution is 2.65. The molecule has 44 heavy (non-hydrogen) atoms. The largest absolute Gasteiger partial charge is 0.343 e. The monoisotopic (exact) mass is 812 g/mol. The quantitative estimate of drug-likeness (QED) is 0.0580. The molecule has 0 aliphatic carbocycles. The molecule has 0 spiro atoms. The zero-order valence-corrected chi connectivity index (χ0v) is 28.4. The summed E-state index contributed by atoms with van der Waals surface area (Å²) in [6, 6.07) is -3.55. The predicted molar refractivity (Wildman–Crippen MR) is 145 cm³/mol. The van der Waals surface area contributed by atoms with Gasteiger partial charge in [0.15, 0.2) is 0 Å². The van der Waals surface area contributed by atoms with Crippen molar-refractivity contribution in [2.45, 2.75) is 34.3 Å². The zero-order valence-electron chi connectivity index (χ0n) is 21.3. The Labute approximate surface area is 245 Å². The van der Waals surface area contributed by atoms with Gasteiger partial charge in [0.05, 0.1) is 47.2 Å². The van der Waals surface area contributed by atoms with Crippen molar-refractivity contribution in [3.63, 3.8) is 0 Å². The lowest BCUT2D eigenvalue weighted by Gasteiger charge is -2.53. The van der Waals surface area contributed by atoms with Gasteiger partial charge >= 0.3 is 60.8 Å². The number of hydrogen-bond donors (Lipinski definition) is 18. The third kappa shape index (κ3) is 14.7. The number of nitrogens with one attached hydrogen (secondary N) is 1. The molecule has 0 aliphatic rings. The van der Waals surface area contributed by atoms with Crippen LogP contribution in [0.5, 0.6) is 0 Å². The summed E-state index contributed by atoms with van der Waals surface area (Å²) in [6.45, 7) is 0. The maximum atomic E-state index is 12.7. The van der Waals surface area contributed by atoms with Crippen molar-refractivity contribution in [1.29, 1.82) is 0 Å². The molecule has 0 heterocycles. The standard InChI is InChI=1S/C10H32N2O24P8/c11-9(5(41(25,26)27)1-37(13,14)15)10(6(42(28,29)30)2-38(16,17)18,7(43(31,32)33)3-39(19,20)21)12-8(44(34,35)36)4-40(22,23)24/h5-9,12H,1-4,11H2,(H2,13,14,15)(H2,16,17,18)(H2,19,20,21)(H2,22,23,24)(H2,25,26,27)(H2,28,29,30)(H2,31,32,33)(H2,34,35,36). The molecule has 0 aromatic rings. The van der Waals surface area contributed by atoms with Crippen LogP contribution in [0.25, 0.3) is 0 Å². The van der Waals surface area contributed by atoms with Crippen molar-refractivity contribution in [3.05, 3.63) is 0 Å². The third-order valence-corrected chi connectivity index (χ3v) is 15.7. The Balaban J connectivity index is 8.87. The van der Waals surface area contributed by atoms with Gasteiger partial charge in [-0.25, -0.2) is 0 Å². The minimum atomic E-state index is -6.66. The highest BCUT2D eigenvalue weighted by atomic mass is 31.2. The first-order valence-electron chi connectivity index (χ1n) is 10.7. The second-order valence-electron chi connectivity index (χ2n) is 9.46. The second-order valence-corrected chi connectivity index (χ2v) is 23.5. The topological polar surface area (TPSA) is 498 Å². The zero-order chi connectivity index (χ0) is 35.9. The highest BCUT2D eigenvalue weighted by Gasteiger charge is 2.67. The molecule has 0 fully saturated rings. The fourth-order valence-electron chi connectivity index (χ4n) is 4.22. The summed E-state index contributed by atoms with van der Waals surface area (Å²) in [5.74, 6) is -3.42. The lowest BCUT2D eigenvalue weighted by Crippen LogP contribution is -2.76. The van der Waals surface area contributed by atoms with Gasteiger partial charge in [-0.3, -0.25) is 41.8 Å². The van der Waals surface area contributed by atoms with Crippen molar-refractivity contribution in [3.8, 4) is 0 Å². The van der Waals surface area contributed by atoms with Gasteiger partial charge in [0.1, 0.15) is 5.78 Å². The molecule has 0 amide bonds. The van der Waals surface area contributed by atoms with Crippen molar-refractivity contribution < 1.29 is 115 Å². The lowest BCUT2D eigenvalue weighted by atomic mass is 9.81. The molecule has 0 saturated heterocycles. The normalized spacial score (nSPS) is 19.9. The average Bonchev–Trinajstić information content (AvgIpc) is 2.65. The summed E-state index contributed by atoms with van der Waals surface area (Å²) in [5, 5.41) is 1.21. The van der Waals surface area contributed by atoms with Crippen LogP contribution in [-0.4, -0.2) is 137 Å². The first-order valence-corrected chi connectivity index (χ1v) is 24.6. The van der Waals surface area contributed by atoms with Gasteiger partial charge in [-0.05, 0) is 0 Å². The van der Waals surface area contributed by atoms with Gasteiger partial charge in [-0.1, -0.05) is 0 Å². The van der Waals surface area contributed by atoms with E-state index in [0.717, 1.165) is 0 Å². The molecule has 34 heteroatoms. The first-order chi connectivity index (χ1) is 18.7. The van der Waals surface area contributed by atoms with E-state index >= 15 is 0 Å². The van der Waals surface area contributed by atoms with Crippen molar-refractivity contribution in [1.82, 2.24) is 5.32 Å². The van der Waals surface area contributed by atoms with Crippen molar-refractivity contribution in [2.24, 2.45) is 5.73 Å². The van der Waals surface area contributed by atoms with Gasteiger partial charge in [0.25, 0.3) is 0 Å². The smallest absolute Gasteiger partial charge is 0.325 e. The van der Waals surface area contributed by atoms with E-state index in [1.165, 1.54) is 5.32 Å². The van der Waals surface area contributed by atoms with Crippen LogP contribution < -0.4 is 11.1 Å². The summed E-state index contributed by atoms with van der Waals surface area (Å²) < 4.78 is 97.7. The van der Waals surface area contributed by atoms with Crippen LogP contribution >= 0.6 is 60.8 Å². The molecule has 0 rings (SSSR count). The molecule has 26 nitrogen and oxygen atoms in total. The molecule has 0 aromatic carbocycles. The molecule has 266 valence electrons. The van der Waals surface area contributed by atoms with Crippen LogP contribution in [0.1, 0.15) is 0 Å². The number of nitrogens with two attached hydrogens (primary N) is 1. The van der Waals surface area contributed by atoms with Crippen LogP contribution in [-0.2, 0) is 36.5 Å². The molecule has 5 atom stereocenters. The Morgan fingerprint density at radius 3 is 0.955 bits per heavy atom. The van der Waals surface area contributed by atoms with E-state index in [1.807, 2.05) is 0 Å². The minimum absolute atomic E-state index is 1.21. The SMILES string of the molecule is NC(C(CP(=O)(O)O)P(=O)(O)O)C(NC(CP(=O)(O)O)P(=O)(O)O)(C(CP(=O)(O)O)P(=O)(O)O)C(CP(=O)(O)O)P(=O)(O)O. The van der Waals surface area contributed by atoms with E-state index in [4.69, 9.17) is 5.73 Å². The summed E-state index contributed by atoms with van der Waals surface area (Å²) >= 11 is 0. The maximum absolute atomic E-state index is 12.7. The van der Waals surface area contributed by atoms with E-state index in [-0.39, 0.29) is 0 Å². The van der Waals surface area contributed by atoms with Crippen LogP contribution in [0.3, 0.4) is 0 Å². The van der Waals surface area contributed by atoms with Crippen LogP contribution in [0.15, 0.2) is 0 Å². The highest BCUT2D eigenvalue weighted by molar-refractivity contribution is 7.59. The van der Waals surface area contributed by atoms with Crippen LogP contribution in [0, 0.1) is 0 Å². The Kier molecular flexibility index (Phi) is 14.9. The Hall–Kier alpha value is 1.12. The number of hydrogen-bond acceptors (Lipinski definition) is 10. The summed E-state index contributed by atoms with van der Waals surface area (Å²) in [7, 11) is -49.8. The van der Waals surface area contributed by atoms with E-state index in [0.29, 0.717) is 0 Å². The van der Waals surface area contributed by atoms with E-state index in [1.54, 1.807) is 0 Å². The van der Waals surface area contributed by atoms with E-state index in [9.17, 15) is 115 Å². The molecule has 0 saturated carbocycles. The van der Waals surface area contributed by atoms with Crippen molar-refractivity contribution >= 4 is 60.8 Å². The van der Waals surface area contributed by atoms with Gasteiger partial charge in [0.2, 0.25) is 0 Å². The molecular formula is C10H32N2O24P8. The fraction of sp³-hybridized carbons (Fsp3) is 1.00. The maximum Gasteiger partial charge on any atom is 0.343 e. The molecule has 19 N–H and O–H groups in total. The Morgan fingerprint density at radius 2 is 0.750 bits per heavy atom. The Morgan fingerprint density at radius 1 is 0.455 bits per heavy atom. The van der Waals surface area contributed by atoms with Crippen LogP contribution in [0.4, 0.5) is 0 Å². The lowest BCUT2D eigenvalue weighted by molar-refractivity contribution is 0.182. The first kappa shape index (κ1) is 45.1. The second kappa shape index (κ2) is 14.5. The molecule has 0 bridgehead atoms. The van der Waals surface area contributed by atoms with Gasteiger partial charge in [0, 0.05) is 6.04 Å². The summed E-state index contributed by atoms with van der Waals surface area (Å²) in [5.41, 5.74) is -9.65. The van der Waals surface area contributed by atoms with Gasteiger partial charge in [-0.2, -0.15) is 0 Å². The molecule has 0 aromatic heterocycles. The molecule has 5 unspecified atom stereocenters.